The van der Waals surface area contributed by atoms with E-state index in [0.29, 0.717) is 12.8 Å². The monoisotopic (exact) mass is 297 g/mol. The van der Waals surface area contributed by atoms with E-state index in [1.165, 1.54) is 0 Å². The molecule has 0 saturated heterocycles. The first-order valence-electron chi connectivity index (χ1n) is 6.57. The Bertz CT molecular complexity index is 633. The Morgan fingerprint density at radius 2 is 1.95 bits per heavy atom. The maximum Gasteiger partial charge on any atom is 0.305 e. The minimum absolute atomic E-state index is 0.170. The highest BCUT2D eigenvalue weighted by Crippen LogP contribution is 2.36. The van der Waals surface area contributed by atoms with Crippen molar-refractivity contribution in [1.29, 1.82) is 0 Å². The second-order valence-electron chi connectivity index (χ2n) is 5.56. The number of carboxylic acid groups (broad SMARTS) is 1. The lowest BCUT2D eigenvalue weighted by molar-refractivity contribution is -0.139. The number of rotatable bonds is 5. The van der Waals surface area contributed by atoms with Crippen molar-refractivity contribution in [1.82, 2.24) is 4.72 Å². The van der Waals surface area contributed by atoms with Crippen molar-refractivity contribution in [2.75, 3.05) is 0 Å². The number of aryl methyl sites for hydroxylation is 2. The smallest absolute Gasteiger partial charge is 0.305 e. The zero-order valence-corrected chi connectivity index (χ0v) is 12.5. The number of carboxylic acids is 1. The highest BCUT2D eigenvalue weighted by atomic mass is 32.2. The van der Waals surface area contributed by atoms with Crippen LogP contribution in [0, 0.1) is 13.8 Å². The second kappa shape index (κ2) is 5.18. The van der Waals surface area contributed by atoms with Crippen molar-refractivity contribution in [2.24, 2.45) is 0 Å². The summed E-state index contributed by atoms with van der Waals surface area (Å²) >= 11 is 0. The Morgan fingerprint density at radius 3 is 2.40 bits per heavy atom. The third-order valence-electron chi connectivity index (χ3n) is 3.94. The summed E-state index contributed by atoms with van der Waals surface area (Å²) in [6.07, 6.45) is 1.83. The average molecular weight is 297 g/mol. The van der Waals surface area contributed by atoms with E-state index in [0.717, 1.165) is 17.5 Å². The van der Waals surface area contributed by atoms with Gasteiger partial charge >= 0.3 is 5.97 Å². The Balaban J connectivity index is 2.26. The molecule has 0 aliphatic heterocycles. The van der Waals surface area contributed by atoms with E-state index < -0.39 is 21.5 Å². The molecule has 0 radical (unpaired) electrons. The van der Waals surface area contributed by atoms with Crippen LogP contribution in [0.1, 0.15) is 36.8 Å². The molecule has 5 nitrogen and oxygen atoms in total. The van der Waals surface area contributed by atoms with Crippen LogP contribution in [0.4, 0.5) is 0 Å². The zero-order valence-electron chi connectivity index (χ0n) is 11.6. The zero-order chi connectivity index (χ0) is 15.0. The maximum atomic E-state index is 12.4. The third-order valence-corrected chi connectivity index (χ3v) is 5.52. The normalized spacial score (nSPS) is 17.5. The van der Waals surface area contributed by atoms with Crippen LogP contribution in [0.25, 0.3) is 0 Å². The molecule has 1 aliphatic carbocycles. The van der Waals surface area contributed by atoms with Crippen molar-refractivity contribution in [3.63, 3.8) is 0 Å². The van der Waals surface area contributed by atoms with Crippen LogP contribution < -0.4 is 4.72 Å². The summed E-state index contributed by atoms with van der Waals surface area (Å²) in [5.41, 5.74) is 1.10. The summed E-state index contributed by atoms with van der Waals surface area (Å²) in [5.74, 6) is -0.979. The fraction of sp³-hybridized carbons (Fsp3) is 0.500. The lowest BCUT2D eigenvalue weighted by atomic mass is 9.75. The predicted molar refractivity (Wildman–Crippen MR) is 75.1 cm³/mol. The first-order valence-corrected chi connectivity index (χ1v) is 8.05. The van der Waals surface area contributed by atoms with Crippen molar-refractivity contribution >= 4 is 16.0 Å². The van der Waals surface area contributed by atoms with E-state index in [9.17, 15) is 13.2 Å². The number of carbonyl (C=O) groups is 1. The van der Waals surface area contributed by atoms with Gasteiger partial charge in [-0.05, 0) is 56.4 Å². The summed E-state index contributed by atoms with van der Waals surface area (Å²) in [5, 5.41) is 8.93. The third kappa shape index (κ3) is 3.02. The van der Waals surface area contributed by atoms with Gasteiger partial charge in [-0.3, -0.25) is 4.79 Å². The molecule has 6 heteroatoms. The van der Waals surface area contributed by atoms with Gasteiger partial charge in [-0.1, -0.05) is 6.07 Å². The van der Waals surface area contributed by atoms with Gasteiger partial charge in [0.2, 0.25) is 10.0 Å². The van der Waals surface area contributed by atoms with E-state index in [-0.39, 0.29) is 11.3 Å². The number of nitrogens with one attached hydrogen (secondary N) is 1. The Hall–Kier alpha value is -1.40. The molecule has 1 aliphatic rings. The molecule has 0 unspecified atom stereocenters. The molecular weight excluding hydrogens is 278 g/mol. The Kier molecular flexibility index (Phi) is 3.88. The van der Waals surface area contributed by atoms with E-state index in [1.807, 2.05) is 13.8 Å². The van der Waals surface area contributed by atoms with Gasteiger partial charge in [0, 0.05) is 5.54 Å². The number of hydrogen-bond donors (Lipinski definition) is 2. The first kappa shape index (κ1) is 15.0. The highest BCUT2D eigenvalue weighted by Gasteiger charge is 2.42. The molecule has 110 valence electrons. The molecular formula is C14H19NO4S. The molecule has 0 atom stereocenters. The second-order valence-corrected chi connectivity index (χ2v) is 7.24. The predicted octanol–water partition coefficient (Wildman–Crippen LogP) is 1.98. The Labute approximate surface area is 119 Å². The van der Waals surface area contributed by atoms with Crippen molar-refractivity contribution < 1.29 is 18.3 Å². The molecule has 0 bridgehead atoms. The molecule has 2 rings (SSSR count). The Morgan fingerprint density at radius 1 is 1.30 bits per heavy atom. The van der Waals surface area contributed by atoms with E-state index >= 15 is 0 Å². The highest BCUT2D eigenvalue weighted by molar-refractivity contribution is 7.89. The number of sulfonamides is 1. The summed E-state index contributed by atoms with van der Waals surface area (Å²) in [7, 11) is -3.68. The molecule has 0 aromatic heterocycles. The lowest BCUT2D eigenvalue weighted by Gasteiger charge is -2.41. The van der Waals surface area contributed by atoms with Gasteiger partial charge in [-0.25, -0.2) is 13.1 Å². The van der Waals surface area contributed by atoms with Gasteiger partial charge < -0.3 is 5.11 Å². The van der Waals surface area contributed by atoms with Crippen molar-refractivity contribution in [2.45, 2.75) is 50.0 Å². The van der Waals surface area contributed by atoms with Crippen LogP contribution in [0.5, 0.6) is 0 Å². The average Bonchev–Trinajstić information content (AvgIpc) is 2.28. The standard InChI is InChI=1S/C14H19NO4S/c1-10-4-5-12(8-11(10)2)20(18,19)15-14(6-3-7-14)9-13(16)17/h4-5,8,15H,3,6-7,9H2,1-2H3,(H,16,17). The largest absolute Gasteiger partial charge is 0.481 e. The number of benzene rings is 1. The van der Waals surface area contributed by atoms with E-state index in [2.05, 4.69) is 4.72 Å². The summed E-state index contributed by atoms with van der Waals surface area (Å²) in [6.45, 7) is 3.77. The summed E-state index contributed by atoms with van der Waals surface area (Å²) in [4.78, 5) is 11.1. The van der Waals surface area contributed by atoms with Gasteiger partial charge in [-0.2, -0.15) is 0 Å². The minimum Gasteiger partial charge on any atom is -0.481 e. The SMILES string of the molecule is Cc1ccc(S(=O)(=O)NC2(CC(=O)O)CCC2)cc1C. The first-order chi connectivity index (χ1) is 9.24. The molecule has 0 amide bonds. The number of hydrogen-bond acceptors (Lipinski definition) is 3. The van der Waals surface area contributed by atoms with Gasteiger partial charge in [0.05, 0.1) is 11.3 Å². The molecule has 0 spiro atoms. The van der Waals surface area contributed by atoms with Crippen LogP contribution in [0.2, 0.25) is 0 Å². The van der Waals surface area contributed by atoms with Gasteiger partial charge in [-0.15, -0.1) is 0 Å². The van der Waals surface area contributed by atoms with Gasteiger partial charge in [0.25, 0.3) is 0 Å². The number of aliphatic carboxylic acids is 1. The van der Waals surface area contributed by atoms with Crippen LogP contribution in [-0.4, -0.2) is 25.0 Å². The van der Waals surface area contributed by atoms with Crippen molar-refractivity contribution in [3.8, 4) is 0 Å². The van der Waals surface area contributed by atoms with Gasteiger partial charge in [0.1, 0.15) is 0 Å². The lowest BCUT2D eigenvalue weighted by Crippen LogP contribution is -2.54. The van der Waals surface area contributed by atoms with E-state index in [4.69, 9.17) is 5.11 Å². The molecule has 2 N–H and O–H groups in total. The molecule has 1 fully saturated rings. The van der Waals surface area contributed by atoms with Crippen LogP contribution >= 0.6 is 0 Å². The topological polar surface area (TPSA) is 83.5 Å². The molecule has 1 saturated carbocycles. The fourth-order valence-corrected chi connectivity index (χ4v) is 3.98. The molecule has 20 heavy (non-hydrogen) atoms. The van der Waals surface area contributed by atoms with Crippen LogP contribution in [0.3, 0.4) is 0 Å². The van der Waals surface area contributed by atoms with Crippen molar-refractivity contribution in [3.05, 3.63) is 29.3 Å². The molecule has 0 heterocycles. The summed E-state index contributed by atoms with van der Waals surface area (Å²) < 4.78 is 27.4. The minimum atomic E-state index is -3.68. The molecule has 1 aromatic rings. The van der Waals surface area contributed by atoms with E-state index in [1.54, 1.807) is 18.2 Å². The summed E-state index contributed by atoms with van der Waals surface area (Å²) in [6, 6.07) is 4.93. The van der Waals surface area contributed by atoms with Gasteiger partial charge in [0.15, 0.2) is 0 Å². The quantitative estimate of drug-likeness (QED) is 0.870. The maximum absolute atomic E-state index is 12.4. The van der Waals surface area contributed by atoms with Crippen LogP contribution in [-0.2, 0) is 14.8 Å². The molecule has 1 aromatic carbocycles. The fourth-order valence-electron chi connectivity index (χ4n) is 2.43. The van der Waals surface area contributed by atoms with Crippen LogP contribution in [0.15, 0.2) is 23.1 Å².